The maximum absolute atomic E-state index is 8.94. The molecule has 0 N–H and O–H groups in total. The molecule has 0 saturated carbocycles. The fraction of sp³-hybridized carbons (Fsp3) is 0.455. The molecule has 0 fully saturated rings. The van der Waals surface area contributed by atoms with E-state index < -0.39 is 0 Å². The molecule has 0 aromatic carbocycles. The van der Waals surface area contributed by atoms with Gasteiger partial charge < -0.3 is 9.47 Å². The third-order valence-corrected chi connectivity index (χ3v) is 1.95. The predicted molar refractivity (Wildman–Crippen MR) is 55.7 cm³/mol. The van der Waals surface area contributed by atoms with E-state index in [-0.39, 0.29) is 6.10 Å². The number of nitriles is 1. The Morgan fingerprint density at radius 1 is 1.60 bits per heavy atom. The second kappa shape index (κ2) is 5.32. The summed E-state index contributed by atoms with van der Waals surface area (Å²) < 4.78 is 10.4. The van der Waals surface area contributed by atoms with Gasteiger partial charge in [0.25, 0.3) is 0 Å². The lowest BCUT2D eigenvalue weighted by atomic mass is 10.2. The van der Waals surface area contributed by atoms with Crippen molar-refractivity contribution in [3.05, 3.63) is 23.4 Å². The summed E-state index contributed by atoms with van der Waals surface area (Å²) in [4.78, 5) is 4.03. The lowest BCUT2D eigenvalue weighted by Crippen LogP contribution is -2.19. The van der Waals surface area contributed by atoms with Gasteiger partial charge in [0.1, 0.15) is 17.7 Å². The number of aryl methyl sites for hydroxylation is 1. The van der Waals surface area contributed by atoms with Crippen molar-refractivity contribution in [2.75, 3.05) is 13.7 Å². The van der Waals surface area contributed by atoms with Crippen LogP contribution in [-0.2, 0) is 4.74 Å². The van der Waals surface area contributed by atoms with Crippen LogP contribution in [-0.4, -0.2) is 24.8 Å². The van der Waals surface area contributed by atoms with Crippen LogP contribution in [0.5, 0.6) is 5.88 Å². The van der Waals surface area contributed by atoms with Crippen LogP contribution < -0.4 is 4.74 Å². The quantitative estimate of drug-likeness (QED) is 0.752. The number of hydrogen-bond acceptors (Lipinski definition) is 4. The molecule has 4 nitrogen and oxygen atoms in total. The summed E-state index contributed by atoms with van der Waals surface area (Å²) in [7, 11) is 1.61. The Hall–Kier alpha value is -1.60. The molecule has 1 unspecified atom stereocenters. The summed E-state index contributed by atoms with van der Waals surface area (Å²) >= 11 is 0. The largest absolute Gasteiger partial charge is 0.471 e. The molecule has 0 aliphatic rings. The average molecular weight is 206 g/mol. The third-order valence-electron chi connectivity index (χ3n) is 1.95. The van der Waals surface area contributed by atoms with Gasteiger partial charge in [-0.05, 0) is 25.5 Å². The van der Waals surface area contributed by atoms with Gasteiger partial charge in [-0.3, -0.25) is 0 Å². The standard InChI is InChI=1S/C11H14N2O2/c1-8-4-5-13-11(10(8)6-12)15-9(2)7-14-3/h4-5,9H,7H2,1-3H3. The normalized spacial score (nSPS) is 11.9. The molecule has 4 heteroatoms. The molecule has 15 heavy (non-hydrogen) atoms. The van der Waals surface area contributed by atoms with E-state index in [1.165, 1.54) is 0 Å². The Balaban J connectivity index is 2.86. The molecular formula is C11H14N2O2. The highest BCUT2D eigenvalue weighted by molar-refractivity contribution is 5.43. The minimum Gasteiger partial charge on any atom is -0.471 e. The van der Waals surface area contributed by atoms with E-state index in [4.69, 9.17) is 14.7 Å². The number of pyridine rings is 1. The Morgan fingerprint density at radius 2 is 2.33 bits per heavy atom. The summed E-state index contributed by atoms with van der Waals surface area (Å²) in [6.45, 7) is 4.20. The van der Waals surface area contributed by atoms with Crippen molar-refractivity contribution in [3.63, 3.8) is 0 Å². The van der Waals surface area contributed by atoms with E-state index >= 15 is 0 Å². The molecule has 1 aromatic rings. The molecule has 1 rings (SSSR count). The minimum atomic E-state index is -0.114. The number of hydrogen-bond donors (Lipinski definition) is 0. The second-order valence-corrected chi connectivity index (χ2v) is 3.30. The van der Waals surface area contributed by atoms with E-state index in [2.05, 4.69) is 11.1 Å². The summed E-state index contributed by atoms with van der Waals surface area (Å²) in [5, 5.41) is 8.94. The zero-order valence-electron chi connectivity index (χ0n) is 9.15. The number of aromatic nitrogens is 1. The monoisotopic (exact) mass is 206 g/mol. The highest BCUT2D eigenvalue weighted by Crippen LogP contribution is 2.18. The fourth-order valence-electron chi connectivity index (χ4n) is 1.22. The van der Waals surface area contributed by atoms with Gasteiger partial charge in [0.2, 0.25) is 5.88 Å². The van der Waals surface area contributed by atoms with E-state index in [0.717, 1.165) is 5.56 Å². The van der Waals surface area contributed by atoms with Gasteiger partial charge in [-0.1, -0.05) is 0 Å². The Morgan fingerprint density at radius 3 is 2.93 bits per heavy atom. The van der Waals surface area contributed by atoms with Crippen LogP contribution in [0, 0.1) is 18.3 Å². The van der Waals surface area contributed by atoms with Gasteiger partial charge in [0.05, 0.1) is 6.61 Å². The van der Waals surface area contributed by atoms with Crippen molar-refractivity contribution in [1.82, 2.24) is 4.98 Å². The SMILES string of the molecule is COCC(C)Oc1nccc(C)c1C#N. The molecule has 0 saturated heterocycles. The number of nitrogens with zero attached hydrogens (tertiary/aromatic N) is 2. The van der Waals surface area contributed by atoms with Crippen molar-refractivity contribution in [2.45, 2.75) is 20.0 Å². The Bertz CT molecular complexity index is 371. The first-order valence-corrected chi connectivity index (χ1v) is 4.70. The number of rotatable bonds is 4. The molecule has 0 bridgehead atoms. The maximum atomic E-state index is 8.94. The highest BCUT2D eigenvalue weighted by atomic mass is 16.5. The topological polar surface area (TPSA) is 55.1 Å². The zero-order valence-corrected chi connectivity index (χ0v) is 9.15. The first-order chi connectivity index (χ1) is 7.19. The van der Waals surface area contributed by atoms with Crippen LogP contribution in [0.1, 0.15) is 18.1 Å². The van der Waals surface area contributed by atoms with Gasteiger partial charge in [0.15, 0.2) is 0 Å². The van der Waals surface area contributed by atoms with E-state index in [0.29, 0.717) is 18.1 Å². The lowest BCUT2D eigenvalue weighted by Gasteiger charge is -2.14. The third kappa shape index (κ3) is 2.93. The van der Waals surface area contributed by atoms with Crippen LogP contribution in [0.2, 0.25) is 0 Å². The molecule has 0 aliphatic heterocycles. The minimum absolute atomic E-state index is 0.114. The molecule has 1 atom stereocenters. The van der Waals surface area contributed by atoms with Crippen LogP contribution in [0.3, 0.4) is 0 Å². The molecule has 0 spiro atoms. The molecule has 1 aromatic heterocycles. The molecule has 0 amide bonds. The molecular weight excluding hydrogens is 192 g/mol. The van der Waals surface area contributed by atoms with Crippen LogP contribution in [0.15, 0.2) is 12.3 Å². The van der Waals surface area contributed by atoms with Crippen molar-refractivity contribution in [1.29, 1.82) is 5.26 Å². The predicted octanol–water partition coefficient (Wildman–Crippen LogP) is 1.68. The van der Waals surface area contributed by atoms with Crippen molar-refractivity contribution < 1.29 is 9.47 Å². The van der Waals surface area contributed by atoms with Gasteiger partial charge in [-0.15, -0.1) is 0 Å². The lowest BCUT2D eigenvalue weighted by molar-refractivity contribution is 0.0887. The van der Waals surface area contributed by atoms with Gasteiger partial charge in [-0.2, -0.15) is 5.26 Å². The maximum Gasteiger partial charge on any atom is 0.232 e. The van der Waals surface area contributed by atoms with E-state index in [9.17, 15) is 0 Å². The smallest absolute Gasteiger partial charge is 0.232 e. The van der Waals surface area contributed by atoms with Gasteiger partial charge >= 0.3 is 0 Å². The van der Waals surface area contributed by atoms with Crippen LogP contribution in [0.25, 0.3) is 0 Å². The number of methoxy groups -OCH3 is 1. The highest BCUT2D eigenvalue weighted by Gasteiger charge is 2.11. The molecule has 0 radical (unpaired) electrons. The summed E-state index contributed by atoms with van der Waals surface area (Å²) in [5.74, 6) is 0.377. The summed E-state index contributed by atoms with van der Waals surface area (Å²) in [6, 6.07) is 3.87. The van der Waals surface area contributed by atoms with Gasteiger partial charge in [0, 0.05) is 13.3 Å². The Kier molecular flexibility index (Phi) is 4.07. The van der Waals surface area contributed by atoms with Crippen LogP contribution >= 0.6 is 0 Å². The van der Waals surface area contributed by atoms with E-state index in [1.807, 2.05) is 13.8 Å². The molecule has 0 aliphatic carbocycles. The summed E-state index contributed by atoms with van der Waals surface area (Å²) in [5.41, 5.74) is 1.35. The van der Waals surface area contributed by atoms with Crippen molar-refractivity contribution in [2.24, 2.45) is 0 Å². The zero-order chi connectivity index (χ0) is 11.3. The summed E-state index contributed by atoms with van der Waals surface area (Å²) in [6.07, 6.45) is 1.52. The first kappa shape index (κ1) is 11.5. The second-order valence-electron chi connectivity index (χ2n) is 3.30. The first-order valence-electron chi connectivity index (χ1n) is 4.70. The average Bonchev–Trinajstić information content (AvgIpc) is 2.18. The molecule has 1 heterocycles. The fourth-order valence-corrected chi connectivity index (χ4v) is 1.22. The van der Waals surface area contributed by atoms with E-state index in [1.54, 1.807) is 19.4 Å². The van der Waals surface area contributed by atoms with Crippen molar-refractivity contribution in [3.8, 4) is 11.9 Å². The number of ether oxygens (including phenoxy) is 2. The van der Waals surface area contributed by atoms with Gasteiger partial charge in [-0.25, -0.2) is 4.98 Å². The van der Waals surface area contributed by atoms with Crippen molar-refractivity contribution >= 4 is 0 Å². The Labute approximate surface area is 89.5 Å². The molecule has 80 valence electrons. The van der Waals surface area contributed by atoms with Crippen LogP contribution in [0.4, 0.5) is 0 Å².